The summed E-state index contributed by atoms with van der Waals surface area (Å²) in [5.74, 6) is 1.08. The Labute approximate surface area is 122 Å². The molecule has 3 nitrogen and oxygen atoms in total. The van der Waals surface area contributed by atoms with Crippen LogP contribution in [0.25, 0.3) is 0 Å². The predicted molar refractivity (Wildman–Crippen MR) is 82.6 cm³/mol. The zero-order valence-corrected chi connectivity index (χ0v) is 13.1. The molecule has 1 aliphatic rings. The lowest BCUT2D eigenvalue weighted by molar-refractivity contribution is 0.0368. The van der Waals surface area contributed by atoms with E-state index in [9.17, 15) is 0 Å². The van der Waals surface area contributed by atoms with Crippen LogP contribution in [0, 0.1) is 20.8 Å². The van der Waals surface area contributed by atoms with Crippen LogP contribution in [-0.2, 0) is 4.74 Å². The van der Waals surface area contributed by atoms with E-state index in [1.54, 1.807) is 0 Å². The molecule has 1 fully saturated rings. The highest BCUT2D eigenvalue weighted by atomic mass is 16.5. The second-order valence-electron chi connectivity index (χ2n) is 5.66. The van der Waals surface area contributed by atoms with Crippen LogP contribution in [0.4, 0.5) is 0 Å². The second-order valence-corrected chi connectivity index (χ2v) is 5.66. The maximum absolute atomic E-state index is 5.99. The van der Waals surface area contributed by atoms with E-state index in [4.69, 9.17) is 9.47 Å². The van der Waals surface area contributed by atoms with Crippen LogP contribution >= 0.6 is 0 Å². The fraction of sp³-hybridized carbons (Fsp3) is 0.647. The van der Waals surface area contributed by atoms with Crippen molar-refractivity contribution in [2.24, 2.45) is 0 Å². The Morgan fingerprint density at radius 1 is 1.05 bits per heavy atom. The molecule has 0 unspecified atom stereocenters. The molecule has 1 aliphatic heterocycles. The molecule has 0 atom stereocenters. The van der Waals surface area contributed by atoms with Gasteiger partial charge in [-0.2, -0.15) is 0 Å². The molecule has 1 heterocycles. The third kappa shape index (κ3) is 4.22. The van der Waals surface area contributed by atoms with E-state index in [0.29, 0.717) is 0 Å². The number of benzene rings is 1. The van der Waals surface area contributed by atoms with E-state index in [0.717, 1.165) is 45.1 Å². The van der Waals surface area contributed by atoms with Gasteiger partial charge in [-0.1, -0.05) is 12.1 Å². The number of nitrogens with zero attached hydrogens (tertiary/aromatic N) is 1. The zero-order chi connectivity index (χ0) is 14.4. The predicted octanol–water partition coefficient (Wildman–Crippen LogP) is 3.10. The first-order valence-corrected chi connectivity index (χ1v) is 7.68. The quantitative estimate of drug-likeness (QED) is 0.746. The van der Waals surface area contributed by atoms with Crippen molar-refractivity contribution in [2.45, 2.75) is 33.6 Å². The van der Waals surface area contributed by atoms with E-state index < -0.39 is 0 Å². The summed E-state index contributed by atoms with van der Waals surface area (Å²) in [5.41, 5.74) is 3.82. The molecule has 1 aromatic rings. The molecule has 20 heavy (non-hydrogen) atoms. The van der Waals surface area contributed by atoms with Gasteiger partial charge in [-0.15, -0.1) is 0 Å². The monoisotopic (exact) mass is 277 g/mol. The minimum absolute atomic E-state index is 0.815. The number of aryl methyl sites for hydroxylation is 2. The average molecular weight is 277 g/mol. The Bertz CT molecular complexity index is 425. The van der Waals surface area contributed by atoms with Crippen molar-refractivity contribution in [1.82, 2.24) is 4.90 Å². The number of unbranched alkanes of at least 4 members (excludes halogenated alkanes) is 1. The molecule has 3 heteroatoms. The first kappa shape index (κ1) is 15.3. The molecule has 0 saturated carbocycles. The van der Waals surface area contributed by atoms with Gasteiger partial charge in [-0.05, 0) is 56.8 Å². The van der Waals surface area contributed by atoms with Crippen molar-refractivity contribution in [2.75, 3.05) is 39.5 Å². The molecular weight excluding hydrogens is 250 g/mol. The largest absolute Gasteiger partial charge is 0.493 e. The van der Waals surface area contributed by atoms with Gasteiger partial charge in [-0.3, -0.25) is 4.90 Å². The van der Waals surface area contributed by atoms with Gasteiger partial charge in [0.15, 0.2) is 0 Å². The first-order valence-electron chi connectivity index (χ1n) is 7.68. The van der Waals surface area contributed by atoms with Crippen molar-refractivity contribution in [3.63, 3.8) is 0 Å². The number of rotatable bonds is 6. The topological polar surface area (TPSA) is 21.7 Å². The third-order valence-corrected chi connectivity index (χ3v) is 4.09. The van der Waals surface area contributed by atoms with Gasteiger partial charge in [-0.25, -0.2) is 0 Å². The number of hydrogen-bond donors (Lipinski definition) is 0. The SMILES string of the molecule is Cc1ccc(C)c(OCCCCN2CCOCC2)c1C. The van der Waals surface area contributed by atoms with Gasteiger partial charge in [0.05, 0.1) is 19.8 Å². The molecule has 0 amide bonds. The van der Waals surface area contributed by atoms with Gasteiger partial charge < -0.3 is 9.47 Å². The van der Waals surface area contributed by atoms with E-state index >= 15 is 0 Å². The van der Waals surface area contributed by atoms with Crippen LogP contribution in [0.2, 0.25) is 0 Å². The second kappa shape index (κ2) is 7.65. The molecule has 112 valence electrons. The molecular formula is C17H27NO2. The highest BCUT2D eigenvalue weighted by molar-refractivity contribution is 5.44. The van der Waals surface area contributed by atoms with E-state index in [1.165, 1.54) is 29.7 Å². The summed E-state index contributed by atoms with van der Waals surface area (Å²) in [6, 6.07) is 4.31. The minimum atomic E-state index is 0.815. The maximum atomic E-state index is 5.99. The summed E-state index contributed by atoms with van der Waals surface area (Å²) >= 11 is 0. The van der Waals surface area contributed by atoms with Gasteiger partial charge in [0, 0.05) is 13.1 Å². The fourth-order valence-corrected chi connectivity index (χ4v) is 2.58. The molecule has 0 bridgehead atoms. The third-order valence-electron chi connectivity index (χ3n) is 4.09. The smallest absolute Gasteiger partial charge is 0.125 e. The number of morpholine rings is 1. The highest BCUT2D eigenvalue weighted by Crippen LogP contribution is 2.25. The molecule has 0 radical (unpaired) electrons. The van der Waals surface area contributed by atoms with Crippen LogP contribution in [0.3, 0.4) is 0 Å². The van der Waals surface area contributed by atoms with Gasteiger partial charge in [0.1, 0.15) is 5.75 Å². The summed E-state index contributed by atoms with van der Waals surface area (Å²) in [7, 11) is 0. The lowest BCUT2D eigenvalue weighted by Gasteiger charge is -2.26. The summed E-state index contributed by atoms with van der Waals surface area (Å²) in [4.78, 5) is 2.48. The average Bonchev–Trinajstić information content (AvgIpc) is 2.47. The van der Waals surface area contributed by atoms with Gasteiger partial charge >= 0.3 is 0 Å². The Morgan fingerprint density at radius 3 is 2.50 bits per heavy atom. The summed E-state index contributed by atoms with van der Waals surface area (Å²) in [5, 5.41) is 0. The van der Waals surface area contributed by atoms with Crippen molar-refractivity contribution in [3.05, 3.63) is 28.8 Å². The van der Waals surface area contributed by atoms with E-state index in [1.807, 2.05) is 0 Å². The molecule has 0 aromatic heterocycles. The lowest BCUT2D eigenvalue weighted by Crippen LogP contribution is -2.36. The van der Waals surface area contributed by atoms with Crippen LogP contribution in [0.15, 0.2) is 12.1 Å². The normalized spacial score (nSPS) is 16.4. The summed E-state index contributed by atoms with van der Waals surface area (Å²) < 4.78 is 11.4. The molecule has 1 saturated heterocycles. The first-order chi connectivity index (χ1) is 9.68. The highest BCUT2D eigenvalue weighted by Gasteiger charge is 2.10. The fourth-order valence-electron chi connectivity index (χ4n) is 2.58. The van der Waals surface area contributed by atoms with E-state index in [2.05, 4.69) is 37.8 Å². The number of ether oxygens (including phenoxy) is 2. The van der Waals surface area contributed by atoms with Crippen molar-refractivity contribution < 1.29 is 9.47 Å². The maximum Gasteiger partial charge on any atom is 0.125 e. The summed E-state index contributed by atoms with van der Waals surface area (Å²) in [6.07, 6.45) is 2.31. The Balaban J connectivity index is 1.69. The van der Waals surface area contributed by atoms with Gasteiger partial charge in [0.25, 0.3) is 0 Å². The molecule has 0 aliphatic carbocycles. The number of hydrogen-bond acceptors (Lipinski definition) is 3. The van der Waals surface area contributed by atoms with E-state index in [-0.39, 0.29) is 0 Å². The Hall–Kier alpha value is -1.06. The molecule has 1 aromatic carbocycles. The molecule has 2 rings (SSSR count). The summed E-state index contributed by atoms with van der Waals surface area (Å²) in [6.45, 7) is 12.3. The van der Waals surface area contributed by atoms with Crippen LogP contribution < -0.4 is 4.74 Å². The van der Waals surface area contributed by atoms with Crippen LogP contribution in [0.1, 0.15) is 29.5 Å². The van der Waals surface area contributed by atoms with Crippen LogP contribution in [-0.4, -0.2) is 44.4 Å². The standard InChI is InChI=1S/C17H27NO2/c1-14-6-7-15(2)17(16(14)3)20-11-5-4-8-18-9-12-19-13-10-18/h6-7H,4-5,8-13H2,1-3H3. The Morgan fingerprint density at radius 2 is 1.75 bits per heavy atom. The lowest BCUT2D eigenvalue weighted by atomic mass is 10.1. The van der Waals surface area contributed by atoms with Crippen molar-refractivity contribution in [3.8, 4) is 5.75 Å². The zero-order valence-electron chi connectivity index (χ0n) is 13.1. The minimum Gasteiger partial charge on any atom is -0.493 e. The van der Waals surface area contributed by atoms with Crippen molar-refractivity contribution in [1.29, 1.82) is 0 Å². The van der Waals surface area contributed by atoms with Gasteiger partial charge in [0.2, 0.25) is 0 Å². The Kier molecular flexibility index (Phi) is 5.86. The molecule has 0 spiro atoms. The van der Waals surface area contributed by atoms with Crippen LogP contribution in [0.5, 0.6) is 5.75 Å². The van der Waals surface area contributed by atoms with Crippen molar-refractivity contribution >= 4 is 0 Å². The molecule has 0 N–H and O–H groups in total.